The van der Waals surface area contributed by atoms with Crippen LogP contribution in [-0.2, 0) is 0 Å². The molecule has 0 unspecified atom stereocenters. The van der Waals surface area contributed by atoms with Crippen molar-refractivity contribution in [2.24, 2.45) is 0 Å². The average molecular weight is 266 g/mol. The number of benzene rings is 1. The van der Waals surface area contributed by atoms with Gasteiger partial charge in [-0.05, 0) is 18.2 Å². The van der Waals surface area contributed by atoms with Gasteiger partial charge in [-0.1, -0.05) is 17.7 Å². The number of nitrogens with two attached hydrogens (primary N) is 1. The third-order valence-corrected chi connectivity index (χ3v) is 2.60. The van der Waals surface area contributed by atoms with Crippen molar-refractivity contribution in [2.45, 2.75) is 0 Å². The molecule has 0 bridgehead atoms. The van der Waals surface area contributed by atoms with Gasteiger partial charge in [-0.25, -0.2) is 4.39 Å². The molecule has 2 aromatic rings. The van der Waals surface area contributed by atoms with E-state index in [1.807, 2.05) is 0 Å². The van der Waals surface area contributed by atoms with Crippen molar-refractivity contribution in [2.75, 3.05) is 11.1 Å². The monoisotopic (exact) mass is 265 g/mol. The highest BCUT2D eigenvalue weighted by Gasteiger charge is 2.14. The number of nitrogen functional groups attached to an aromatic ring is 1. The molecule has 0 fully saturated rings. The molecule has 0 atom stereocenters. The van der Waals surface area contributed by atoms with Gasteiger partial charge < -0.3 is 11.1 Å². The fourth-order valence-corrected chi connectivity index (χ4v) is 1.62. The summed E-state index contributed by atoms with van der Waals surface area (Å²) in [6, 6.07) is 5.60. The van der Waals surface area contributed by atoms with Gasteiger partial charge in [-0.3, -0.25) is 9.78 Å². The molecule has 6 heteroatoms. The molecule has 0 aliphatic carbocycles. The molecule has 0 aliphatic heterocycles. The topological polar surface area (TPSA) is 68.0 Å². The Kier molecular flexibility index (Phi) is 3.43. The van der Waals surface area contributed by atoms with E-state index in [2.05, 4.69) is 10.3 Å². The molecule has 0 saturated carbocycles. The summed E-state index contributed by atoms with van der Waals surface area (Å²) in [6.07, 6.45) is 2.76. The normalized spacial score (nSPS) is 10.1. The second-order valence-electron chi connectivity index (χ2n) is 3.51. The van der Waals surface area contributed by atoms with Gasteiger partial charge in [-0.2, -0.15) is 0 Å². The first-order valence-electron chi connectivity index (χ1n) is 5.04. The van der Waals surface area contributed by atoms with Gasteiger partial charge in [-0.15, -0.1) is 0 Å². The maximum atomic E-state index is 13.5. The predicted molar refractivity (Wildman–Crippen MR) is 68.0 cm³/mol. The van der Waals surface area contributed by atoms with Crippen LogP contribution in [0.3, 0.4) is 0 Å². The van der Waals surface area contributed by atoms with Crippen LogP contribution in [0, 0.1) is 5.82 Å². The maximum Gasteiger partial charge on any atom is 0.257 e. The van der Waals surface area contributed by atoms with Crippen molar-refractivity contribution in [3.05, 3.63) is 53.1 Å². The van der Waals surface area contributed by atoms with Crippen LogP contribution in [0.15, 0.2) is 36.7 Å². The number of hydrogen-bond donors (Lipinski definition) is 2. The zero-order chi connectivity index (χ0) is 13.1. The molecule has 1 aromatic carbocycles. The Hall–Kier alpha value is -2.14. The molecule has 1 aromatic heterocycles. The third-order valence-electron chi connectivity index (χ3n) is 2.30. The minimum absolute atomic E-state index is 0.0598. The number of anilines is 2. The SMILES string of the molecule is Nc1cccc(F)c1NC(=O)c1ccncc1Cl. The number of rotatable bonds is 2. The van der Waals surface area contributed by atoms with Crippen LogP contribution in [0.5, 0.6) is 0 Å². The van der Waals surface area contributed by atoms with E-state index in [1.165, 1.54) is 36.7 Å². The second kappa shape index (κ2) is 5.01. The number of hydrogen-bond acceptors (Lipinski definition) is 3. The summed E-state index contributed by atoms with van der Waals surface area (Å²) in [6.45, 7) is 0. The molecular weight excluding hydrogens is 257 g/mol. The van der Waals surface area contributed by atoms with Crippen LogP contribution in [0.2, 0.25) is 5.02 Å². The Labute approximate surface area is 108 Å². The summed E-state index contributed by atoms with van der Waals surface area (Å²) < 4.78 is 13.5. The number of pyridine rings is 1. The predicted octanol–water partition coefficient (Wildman–Crippen LogP) is 2.71. The van der Waals surface area contributed by atoms with Crippen LogP contribution in [-0.4, -0.2) is 10.9 Å². The molecular formula is C12H9ClFN3O. The summed E-state index contributed by atoms with van der Waals surface area (Å²) >= 11 is 5.82. The number of para-hydroxylation sites is 1. The number of nitrogens with zero attached hydrogens (tertiary/aromatic N) is 1. The van der Waals surface area contributed by atoms with E-state index >= 15 is 0 Å². The van der Waals surface area contributed by atoms with Gasteiger partial charge in [0.05, 0.1) is 16.3 Å². The van der Waals surface area contributed by atoms with Crippen LogP contribution < -0.4 is 11.1 Å². The standard InChI is InChI=1S/C12H9ClFN3O/c13-8-6-16-5-4-7(8)12(18)17-11-9(14)2-1-3-10(11)15/h1-6H,15H2,(H,17,18). The fourth-order valence-electron chi connectivity index (χ4n) is 1.41. The Morgan fingerprint density at radius 1 is 1.39 bits per heavy atom. The van der Waals surface area contributed by atoms with Crippen LogP contribution in [0.4, 0.5) is 15.8 Å². The van der Waals surface area contributed by atoms with E-state index < -0.39 is 11.7 Å². The maximum absolute atomic E-state index is 13.5. The first kappa shape index (κ1) is 12.3. The molecule has 18 heavy (non-hydrogen) atoms. The van der Waals surface area contributed by atoms with Crippen molar-refractivity contribution in [3.63, 3.8) is 0 Å². The lowest BCUT2D eigenvalue weighted by Crippen LogP contribution is -2.15. The lowest BCUT2D eigenvalue weighted by molar-refractivity contribution is 0.102. The lowest BCUT2D eigenvalue weighted by atomic mass is 10.2. The van der Waals surface area contributed by atoms with Gasteiger partial charge in [0.15, 0.2) is 0 Å². The number of amides is 1. The molecule has 92 valence electrons. The lowest BCUT2D eigenvalue weighted by Gasteiger charge is -2.09. The first-order chi connectivity index (χ1) is 8.59. The summed E-state index contributed by atoms with van der Waals surface area (Å²) in [7, 11) is 0. The highest BCUT2D eigenvalue weighted by molar-refractivity contribution is 6.34. The second-order valence-corrected chi connectivity index (χ2v) is 3.92. The summed E-state index contributed by atoms with van der Waals surface area (Å²) in [5.74, 6) is -1.15. The minimum Gasteiger partial charge on any atom is -0.397 e. The number of nitrogens with one attached hydrogen (secondary N) is 1. The minimum atomic E-state index is -0.603. The summed E-state index contributed by atoms with van der Waals surface area (Å²) in [4.78, 5) is 15.7. The van der Waals surface area contributed by atoms with Crippen LogP contribution in [0.25, 0.3) is 0 Å². The van der Waals surface area contributed by atoms with Crippen LogP contribution in [0.1, 0.15) is 10.4 Å². The molecule has 0 radical (unpaired) electrons. The number of carbonyl (C=O) groups excluding carboxylic acids is 1. The van der Waals surface area contributed by atoms with Crippen molar-refractivity contribution >= 4 is 28.9 Å². The zero-order valence-corrected chi connectivity index (χ0v) is 9.91. The average Bonchev–Trinajstić information content (AvgIpc) is 2.34. The Bertz CT molecular complexity index is 583. The number of aromatic nitrogens is 1. The number of halogens is 2. The fraction of sp³-hybridized carbons (Fsp3) is 0. The molecule has 2 rings (SSSR count). The van der Waals surface area contributed by atoms with Crippen molar-refractivity contribution in [1.29, 1.82) is 0 Å². The van der Waals surface area contributed by atoms with Gasteiger partial charge in [0.1, 0.15) is 11.5 Å². The van der Waals surface area contributed by atoms with E-state index in [-0.39, 0.29) is 22.0 Å². The Balaban J connectivity index is 2.30. The molecule has 0 saturated heterocycles. The Morgan fingerprint density at radius 3 is 2.83 bits per heavy atom. The van der Waals surface area contributed by atoms with Crippen molar-refractivity contribution in [3.8, 4) is 0 Å². The van der Waals surface area contributed by atoms with Crippen LogP contribution >= 0.6 is 11.6 Å². The zero-order valence-electron chi connectivity index (χ0n) is 9.15. The summed E-state index contributed by atoms with van der Waals surface area (Å²) in [5, 5.41) is 2.57. The smallest absolute Gasteiger partial charge is 0.257 e. The van der Waals surface area contributed by atoms with Crippen molar-refractivity contribution < 1.29 is 9.18 Å². The van der Waals surface area contributed by atoms with E-state index in [4.69, 9.17) is 17.3 Å². The largest absolute Gasteiger partial charge is 0.397 e. The Morgan fingerprint density at radius 2 is 2.17 bits per heavy atom. The van der Waals surface area contributed by atoms with E-state index in [9.17, 15) is 9.18 Å². The molecule has 3 N–H and O–H groups in total. The summed E-state index contributed by atoms with van der Waals surface area (Å²) in [5.41, 5.74) is 5.88. The molecule has 0 spiro atoms. The first-order valence-corrected chi connectivity index (χ1v) is 5.42. The van der Waals surface area contributed by atoms with E-state index in [0.717, 1.165) is 0 Å². The quantitative estimate of drug-likeness (QED) is 0.821. The van der Waals surface area contributed by atoms with E-state index in [0.29, 0.717) is 0 Å². The van der Waals surface area contributed by atoms with Crippen molar-refractivity contribution in [1.82, 2.24) is 4.98 Å². The van der Waals surface area contributed by atoms with Gasteiger partial charge in [0.2, 0.25) is 0 Å². The van der Waals surface area contributed by atoms with E-state index in [1.54, 1.807) is 0 Å². The third kappa shape index (κ3) is 2.41. The highest BCUT2D eigenvalue weighted by atomic mass is 35.5. The molecule has 1 amide bonds. The molecule has 0 aliphatic rings. The molecule has 4 nitrogen and oxygen atoms in total. The number of carbonyl (C=O) groups is 1. The highest BCUT2D eigenvalue weighted by Crippen LogP contribution is 2.23. The molecule has 1 heterocycles. The van der Waals surface area contributed by atoms with Gasteiger partial charge >= 0.3 is 0 Å². The van der Waals surface area contributed by atoms with Gasteiger partial charge in [0.25, 0.3) is 5.91 Å². The van der Waals surface area contributed by atoms with Gasteiger partial charge in [0, 0.05) is 12.4 Å².